The van der Waals surface area contributed by atoms with Gasteiger partial charge in [-0.2, -0.15) is 8.42 Å². The number of nitrogens with zero attached hydrogens (tertiary/aromatic N) is 4. The van der Waals surface area contributed by atoms with Crippen molar-refractivity contribution in [3.63, 3.8) is 0 Å². The lowest BCUT2D eigenvalue weighted by Gasteiger charge is -2.14. The van der Waals surface area contributed by atoms with Gasteiger partial charge in [0.2, 0.25) is 0 Å². The topological polar surface area (TPSA) is 125 Å². The van der Waals surface area contributed by atoms with E-state index in [1.165, 1.54) is 6.33 Å². The Morgan fingerprint density at radius 3 is 2.70 bits per heavy atom. The standard InChI is InChI=1S/C28H26IN5O5S/c1-3-6-25(34-38-13-14-39-40(2,35)36)20-8-10-26-24(16-20)28(32-19-31-26)33-22-9-11-27(21(15-22)17-29)37-18-23-7-4-5-12-30-23/h4-5,7-12,15-16,19H,13-14,17-18H2,1-2H3,(H,31,32,33)/b34-25+. The Morgan fingerprint density at radius 2 is 1.95 bits per heavy atom. The van der Waals surface area contributed by atoms with Crippen LogP contribution >= 0.6 is 22.6 Å². The molecule has 0 aliphatic carbocycles. The Labute approximate surface area is 246 Å². The van der Waals surface area contributed by atoms with Crippen LogP contribution in [0.2, 0.25) is 0 Å². The van der Waals surface area contributed by atoms with Crippen LogP contribution in [0.4, 0.5) is 11.5 Å². The van der Waals surface area contributed by atoms with Gasteiger partial charge in [-0.1, -0.05) is 39.7 Å². The average Bonchev–Trinajstić information content (AvgIpc) is 2.95. The van der Waals surface area contributed by atoms with E-state index in [1.807, 2.05) is 54.6 Å². The van der Waals surface area contributed by atoms with Gasteiger partial charge in [-0.3, -0.25) is 9.17 Å². The molecule has 0 aliphatic heterocycles. The lowest BCUT2D eigenvalue weighted by molar-refractivity contribution is 0.110. The minimum Gasteiger partial charge on any atom is -0.487 e. The quantitative estimate of drug-likeness (QED) is 0.0422. The molecular weight excluding hydrogens is 645 g/mol. The molecule has 12 heteroatoms. The van der Waals surface area contributed by atoms with E-state index in [2.05, 4.69) is 64.0 Å². The lowest BCUT2D eigenvalue weighted by Crippen LogP contribution is -2.09. The highest BCUT2D eigenvalue weighted by Crippen LogP contribution is 2.29. The second-order valence-corrected chi connectivity index (χ2v) is 10.7. The first kappa shape index (κ1) is 29.2. The van der Waals surface area contributed by atoms with Crippen molar-refractivity contribution in [3.05, 3.63) is 83.9 Å². The number of fused-ring (bicyclic) bond motifs is 1. The van der Waals surface area contributed by atoms with Crippen LogP contribution in [-0.4, -0.2) is 48.6 Å². The molecule has 206 valence electrons. The molecule has 4 aromatic rings. The number of pyridine rings is 1. The second-order valence-electron chi connectivity index (χ2n) is 8.32. The number of benzene rings is 2. The first-order chi connectivity index (χ1) is 19.4. The Hall–Kier alpha value is -3.80. The van der Waals surface area contributed by atoms with Gasteiger partial charge >= 0.3 is 0 Å². The molecule has 2 aromatic heterocycles. The van der Waals surface area contributed by atoms with Crippen LogP contribution in [-0.2, 0) is 30.2 Å². The van der Waals surface area contributed by atoms with E-state index >= 15 is 0 Å². The van der Waals surface area contributed by atoms with Gasteiger partial charge in [0.25, 0.3) is 10.1 Å². The molecule has 2 heterocycles. The highest BCUT2D eigenvalue weighted by Gasteiger charge is 2.11. The lowest BCUT2D eigenvalue weighted by atomic mass is 10.1. The van der Waals surface area contributed by atoms with Gasteiger partial charge in [0, 0.05) is 32.8 Å². The zero-order valence-electron chi connectivity index (χ0n) is 21.8. The summed E-state index contributed by atoms with van der Waals surface area (Å²) >= 11 is 2.31. The van der Waals surface area contributed by atoms with Crippen LogP contribution in [0.5, 0.6) is 5.75 Å². The van der Waals surface area contributed by atoms with Gasteiger partial charge in [0.05, 0.1) is 17.5 Å². The molecule has 0 saturated carbocycles. The van der Waals surface area contributed by atoms with E-state index in [0.29, 0.717) is 23.7 Å². The third-order valence-corrected chi connectivity index (χ3v) is 6.77. The van der Waals surface area contributed by atoms with Crippen LogP contribution in [0.3, 0.4) is 0 Å². The van der Waals surface area contributed by atoms with Crippen molar-refractivity contribution in [2.45, 2.75) is 18.0 Å². The van der Waals surface area contributed by atoms with E-state index < -0.39 is 10.1 Å². The number of ether oxygens (including phenoxy) is 1. The highest BCUT2D eigenvalue weighted by molar-refractivity contribution is 14.1. The van der Waals surface area contributed by atoms with Crippen molar-refractivity contribution in [1.29, 1.82) is 0 Å². The van der Waals surface area contributed by atoms with Gasteiger partial charge in [0.1, 0.15) is 37.7 Å². The first-order valence-corrected chi connectivity index (χ1v) is 15.4. The molecule has 0 fully saturated rings. The van der Waals surface area contributed by atoms with E-state index in [4.69, 9.17) is 9.57 Å². The summed E-state index contributed by atoms with van der Waals surface area (Å²) in [6.45, 7) is 1.87. The predicted octanol–water partition coefficient (Wildman–Crippen LogP) is 5.00. The molecule has 4 rings (SSSR count). The van der Waals surface area contributed by atoms with Gasteiger partial charge < -0.3 is 14.9 Å². The van der Waals surface area contributed by atoms with Gasteiger partial charge in [-0.05, 0) is 61.4 Å². The Morgan fingerprint density at radius 1 is 1.07 bits per heavy atom. The summed E-state index contributed by atoms with van der Waals surface area (Å²) in [5.41, 5.74) is 4.53. The maximum atomic E-state index is 11.1. The van der Waals surface area contributed by atoms with Crippen molar-refractivity contribution < 1.29 is 22.2 Å². The van der Waals surface area contributed by atoms with Gasteiger partial charge in [-0.25, -0.2) is 9.97 Å². The van der Waals surface area contributed by atoms with Gasteiger partial charge in [0.15, 0.2) is 5.71 Å². The number of hydrogen-bond acceptors (Lipinski definition) is 10. The number of hydrogen-bond donors (Lipinski definition) is 1. The third-order valence-electron chi connectivity index (χ3n) is 5.35. The number of rotatable bonds is 12. The molecule has 0 spiro atoms. The average molecular weight is 672 g/mol. The van der Waals surface area contributed by atoms with Crippen molar-refractivity contribution in [2.24, 2.45) is 5.16 Å². The number of halogens is 1. The zero-order chi connectivity index (χ0) is 28.4. The second kappa shape index (κ2) is 14.0. The van der Waals surface area contributed by atoms with Crippen LogP contribution in [0, 0.1) is 11.8 Å². The van der Waals surface area contributed by atoms with Crippen molar-refractivity contribution in [2.75, 3.05) is 24.8 Å². The molecule has 0 atom stereocenters. The van der Waals surface area contributed by atoms with Crippen molar-refractivity contribution >= 4 is 60.8 Å². The molecule has 0 saturated heterocycles. The fraction of sp³-hybridized carbons (Fsp3) is 0.214. The van der Waals surface area contributed by atoms with E-state index in [0.717, 1.165) is 44.3 Å². The number of aromatic nitrogens is 3. The summed E-state index contributed by atoms with van der Waals surface area (Å²) in [6, 6.07) is 17.2. The maximum Gasteiger partial charge on any atom is 0.264 e. The van der Waals surface area contributed by atoms with Crippen LogP contribution in [0.15, 0.2) is 72.3 Å². The fourth-order valence-electron chi connectivity index (χ4n) is 3.58. The Bertz CT molecular complexity index is 1670. The fourth-order valence-corrected chi connectivity index (χ4v) is 4.54. The van der Waals surface area contributed by atoms with E-state index in [-0.39, 0.29) is 13.2 Å². The minimum atomic E-state index is -3.55. The summed E-state index contributed by atoms with van der Waals surface area (Å²) in [6.07, 6.45) is 4.22. The number of alkyl halides is 1. The third kappa shape index (κ3) is 8.35. The molecule has 0 aliphatic rings. The van der Waals surface area contributed by atoms with Gasteiger partial charge in [-0.15, -0.1) is 0 Å². The number of nitrogens with one attached hydrogen (secondary N) is 1. The molecule has 10 nitrogen and oxygen atoms in total. The van der Waals surface area contributed by atoms with Crippen molar-refractivity contribution in [3.8, 4) is 17.6 Å². The Kier molecular flexibility index (Phi) is 10.2. The SMILES string of the molecule is CC#C/C(=N\OCCOS(C)(=O)=O)c1ccc2ncnc(Nc3ccc(OCc4ccccn4)c(CI)c3)c2c1. The summed E-state index contributed by atoms with van der Waals surface area (Å²) in [5.74, 6) is 7.15. The van der Waals surface area contributed by atoms with E-state index in [9.17, 15) is 8.42 Å². The summed E-state index contributed by atoms with van der Waals surface area (Å²) < 4.78 is 33.7. The monoisotopic (exact) mass is 671 g/mol. The smallest absolute Gasteiger partial charge is 0.264 e. The molecule has 1 N–H and O–H groups in total. The summed E-state index contributed by atoms with van der Waals surface area (Å²) in [4.78, 5) is 18.4. The summed E-state index contributed by atoms with van der Waals surface area (Å²) in [7, 11) is -3.55. The normalized spacial score (nSPS) is 11.5. The number of anilines is 2. The highest BCUT2D eigenvalue weighted by atomic mass is 127. The molecule has 40 heavy (non-hydrogen) atoms. The molecular formula is C28H26IN5O5S. The molecule has 0 radical (unpaired) electrons. The zero-order valence-corrected chi connectivity index (χ0v) is 24.8. The minimum absolute atomic E-state index is 0.0494. The molecule has 0 amide bonds. The van der Waals surface area contributed by atoms with E-state index in [1.54, 1.807) is 13.1 Å². The van der Waals surface area contributed by atoms with Crippen LogP contribution < -0.4 is 10.1 Å². The van der Waals surface area contributed by atoms with Crippen molar-refractivity contribution in [1.82, 2.24) is 15.0 Å². The molecule has 0 bridgehead atoms. The molecule has 0 unspecified atom stereocenters. The largest absolute Gasteiger partial charge is 0.487 e. The summed E-state index contributed by atoms with van der Waals surface area (Å²) in [5, 5.41) is 8.24. The van der Waals surface area contributed by atoms with Crippen LogP contribution in [0.1, 0.15) is 23.7 Å². The number of oxime groups is 1. The first-order valence-electron chi connectivity index (χ1n) is 12.1. The Balaban J connectivity index is 1.54. The predicted molar refractivity (Wildman–Crippen MR) is 162 cm³/mol. The maximum absolute atomic E-state index is 11.1. The molecule has 2 aromatic carbocycles. The van der Waals surface area contributed by atoms with Crippen LogP contribution in [0.25, 0.3) is 10.9 Å².